The number of benzene rings is 3. The predicted molar refractivity (Wildman–Crippen MR) is 150 cm³/mol. The van der Waals surface area contributed by atoms with E-state index >= 15 is 0 Å². The van der Waals surface area contributed by atoms with Crippen molar-refractivity contribution in [2.75, 3.05) is 5.73 Å². The van der Waals surface area contributed by atoms with Crippen molar-refractivity contribution in [2.24, 2.45) is 5.73 Å². The summed E-state index contributed by atoms with van der Waals surface area (Å²) in [6.07, 6.45) is 2.22. The topological polar surface area (TPSA) is 113 Å². The van der Waals surface area contributed by atoms with Crippen LogP contribution in [0.5, 0.6) is 0 Å². The first kappa shape index (κ1) is 23.1. The van der Waals surface area contributed by atoms with Gasteiger partial charge in [0.1, 0.15) is 11.3 Å². The number of carbonyl (C=O) groups excluding carboxylic acids is 1. The molecule has 0 bridgehead atoms. The minimum Gasteiger partial charge on any atom is -0.383 e. The van der Waals surface area contributed by atoms with Gasteiger partial charge in [-0.2, -0.15) is 0 Å². The third kappa shape index (κ3) is 4.16. The van der Waals surface area contributed by atoms with Crippen molar-refractivity contribution >= 4 is 22.9 Å². The molecule has 0 fully saturated rings. The van der Waals surface area contributed by atoms with E-state index in [1.165, 1.54) is 0 Å². The highest BCUT2D eigenvalue weighted by Gasteiger charge is 2.24. The molecule has 1 amide bonds. The van der Waals surface area contributed by atoms with Crippen LogP contribution in [-0.2, 0) is 6.42 Å². The van der Waals surface area contributed by atoms with Crippen LogP contribution >= 0.6 is 0 Å². The summed E-state index contributed by atoms with van der Waals surface area (Å²) in [5.41, 5.74) is 18.9. The molecule has 0 atom stereocenters. The van der Waals surface area contributed by atoms with E-state index in [-0.39, 0.29) is 0 Å². The van der Waals surface area contributed by atoms with Crippen molar-refractivity contribution in [3.63, 3.8) is 0 Å². The summed E-state index contributed by atoms with van der Waals surface area (Å²) < 4.78 is 1.90. The van der Waals surface area contributed by atoms with Gasteiger partial charge in [0.15, 0.2) is 11.5 Å². The number of para-hydroxylation sites is 1. The number of primary amides is 1. The standard InChI is InChI=1S/C31H24N6O/c32-28-24(15-8-18-34-28)30-36-26-17-16-25(21-11-5-2-6-12-21)35-31(26)37(30)27-22(13-7-14-23(27)29(33)38)19-20-9-3-1-4-10-20/h1-18H,19H2,(H2,32,34)(H2,33,38). The highest BCUT2D eigenvalue weighted by Crippen LogP contribution is 2.35. The molecular formula is C31H24N6O. The lowest BCUT2D eigenvalue weighted by molar-refractivity contribution is 0.1000. The van der Waals surface area contributed by atoms with Gasteiger partial charge in [-0.25, -0.2) is 15.0 Å². The lowest BCUT2D eigenvalue weighted by Crippen LogP contribution is -2.17. The zero-order valence-corrected chi connectivity index (χ0v) is 20.5. The first-order chi connectivity index (χ1) is 18.6. The molecule has 0 saturated heterocycles. The quantitative estimate of drug-likeness (QED) is 0.320. The van der Waals surface area contributed by atoms with Crippen LogP contribution in [0, 0.1) is 0 Å². The fraction of sp³-hybridized carbons (Fsp3) is 0.0323. The van der Waals surface area contributed by atoms with Crippen LogP contribution in [0.25, 0.3) is 39.5 Å². The fourth-order valence-electron chi connectivity index (χ4n) is 4.74. The van der Waals surface area contributed by atoms with Gasteiger partial charge in [0.2, 0.25) is 0 Å². The van der Waals surface area contributed by atoms with Crippen LogP contribution in [0.15, 0.2) is 109 Å². The van der Waals surface area contributed by atoms with Gasteiger partial charge in [-0.3, -0.25) is 9.36 Å². The Labute approximate surface area is 219 Å². The molecule has 0 unspecified atom stereocenters. The number of imidazole rings is 1. The molecule has 184 valence electrons. The van der Waals surface area contributed by atoms with E-state index < -0.39 is 5.91 Å². The van der Waals surface area contributed by atoms with Gasteiger partial charge in [0, 0.05) is 11.8 Å². The molecule has 4 N–H and O–H groups in total. The fourth-order valence-corrected chi connectivity index (χ4v) is 4.74. The lowest BCUT2D eigenvalue weighted by atomic mass is 9.99. The Morgan fingerprint density at radius 1 is 0.789 bits per heavy atom. The number of carbonyl (C=O) groups is 1. The van der Waals surface area contributed by atoms with Gasteiger partial charge >= 0.3 is 0 Å². The van der Waals surface area contributed by atoms with Crippen molar-refractivity contribution in [3.05, 3.63) is 126 Å². The Morgan fingerprint density at radius 2 is 1.55 bits per heavy atom. The third-order valence-corrected chi connectivity index (χ3v) is 6.50. The molecule has 3 aromatic heterocycles. The molecule has 0 spiro atoms. The minimum absolute atomic E-state index is 0.327. The Kier molecular flexibility index (Phi) is 5.86. The highest BCUT2D eigenvalue weighted by molar-refractivity contribution is 5.99. The SMILES string of the molecule is NC(=O)c1cccc(Cc2ccccc2)c1-n1c(-c2cccnc2N)nc2ccc(-c3ccccc3)nc21. The number of hydrogen-bond acceptors (Lipinski definition) is 5. The molecule has 3 aromatic carbocycles. The van der Waals surface area contributed by atoms with E-state index in [1.54, 1.807) is 12.3 Å². The molecule has 0 aliphatic rings. The van der Waals surface area contributed by atoms with Crippen molar-refractivity contribution in [1.29, 1.82) is 0 Å². The average molecular weight is 497 g/mol. The van der Waals surface area contributed by atoms with Crippen molar-refractivity contribution in [3.8, 4) is 28.3 Å². The van der Waals surface area contributed by atoms with Gasteiger partial charge < -0.3 is 11.5 Å². The number of rotatable bonds is 6. The van der Waals surface area contributed by atoms with Gasteiger partial charge in [-0.1, -0.05) is 72.8 Å². The van der Waals surface area contributed by atoms with Crippen molar-refractivity contribution in [2.45, 2.75) is 6.42 Å². The van der Waals surface area contributed by atoms with Crippen molar-refractivity contribution < 1.29 is 4.79 Å². The molecule has 6 aromatic rings. The number of hydrogen-bond donors (Lipinski definition) is 2. The average Bonchev–Trinajstić information content (AvgIpc) is 3.32. The van der Waals surface area contributed by atoms with E-state index in [4.69, 9.17) is 21.4 Å². The Hall–Kier alpha value is -5.30. The number of nitrogens with two attached hydrogens (primary N) is 2. The Bertz CT molecular complexity index is 1780. The maximum absolute atomic E-state index is 12.8. The summed E-state index contributed by atoms with van der Waals surface area (Å²) in [7, 11) is 0. The molecule has 0 saturated carbocycles. The lowest BCUT2D eigenvalue weighted by Gasteiger charge is -2.18. The largest absolute Gasteiger partial charge is 0.383 e. The zero-order valence-electron chi connectivity index (χ0n) is 20.5. The second-order valence-corrected chi connectivity index (χ2v) is 8.95. The number of anilines is 1. The van der Waals surface area contributed by atoms with Crippen molar-refractivity contribution in [1.82, 2.24) is 19.5 Å². The first-order valence-electron chi connectivity index (χ1n) is 12.2. The summed E-state index contributed by atoms with van der Waals surface area (Å²) in [6.45, 7) is 0. The molecule has 0 aliphatic carbocycles. The van der Waals surface area contributed by atoms with E-state index in [2.05, 4.69) is 17.1 Å². The number of fused-ring (bicyclic) bond motifs is 1. The van der Waals surface area contributed by atoms with Gasteiger partial charge in [-0.05, 0) is 47.9 Å². The molecule has 0 radical (unpaired) electrons. The molecule has 0 aliphatic heterocycles. The number of nitrogens with zero attached hydrogens (tertiary/aromatic N) is 4. The minimum atomic E-state index is -0.541. The maximum atomic E-state index is 12.8. The molecule has 3 heterocycles. The monoisotopic (exact) mass is 496 g/mol. The van der Waals surface area contributed by atoms with Crippen LogP contribution < -0.4 is 11.5 Å². The number of nitrogen functional groups attached to an aromatic ring is 1. The summed E-state index contributed by atoms with van der Waals surface area (Å²) >= 11 is 0. The summed E-state index contributed by atoms with van der Waals surface area (Å²) in [5, 5.41) is 0. The van der Waals surface area contributed by atoms with E-state index in [0.717, 1.165) is 22.4 Å². The summed E-state index contributed by atoms with van der Waals surface area (Å²) in [5.74, 6) is 0.320. The van der Waals surface area contributed by atoms with Crippen LogP contribution in [0.2, 0.25) is 0 Å². The number of pyridine rings is 2. The van der Waals surface area contributed by atoms with Gasteiger partial charge in [-0.15, -0.1) is 0 Å². The van der Waals surface area contributed by atoms with E-state index in [9.17, 15) is 4.79 Å². The molecule has 7 nitrogen and oxygen atoms in total. The molecule has 6 rings (SSSR count). The normalized spacial score (nSPS) is 11.1. The maximum Gasteiger partial charge on any atom is 0.250 e. The summed E-state index contributed by atoms with van der Waals surface area (Å²) in [4.78, 5) is 27.0. The highest BCUT2D eigenvalue weighted by atomic mass is 16.1. The molecule has 38 heavy (non-hydrogen) atoms. The first-order valence-corrected chi connectivity index (χ1v) is 12.2. The van der Waals surface area contributed by atoms with E-state index in [0.29, 0.717) is 46.0 Å². The Morgan fingerprint density at radius 3 is 2.29 bits per heavy atom. The smallest absolute Gasteiger partial charge is 0.250 e. The Balaban J connectivity index is 1.70. The van der Waals surface area contributed by atoms with Gasteiger partial charge in [0.25, 0.3) is 5.91 Å². The number of aromatic nitrogens is 4. The van der Waals surface area contributed by atoms with Crippen LogP contribution in [0.4, 0.5) is 5.82 Å². The predicted octanol–water partition coefficient (Wildman–Crippen LogP) is 5.42. The van der Waals surface area contributed by atoms with Gasteiger partial charge in [0.05, 0.1) is 22.5 Å². The second kappa shape index (κ2) is 9.63. The van der Waals surface area contributed by atoms with E-state index in [1.807, 2.05) is 89.5 Å². The second-order valence-electron chi connectivity index (χ2n) is 8.95. The zero-order chi connectivity index (χ0) is 26.1. The number of amides is 1. The molecular weight excluding hydrogens is 472 g/mol. The third-order valence-electron chi connectivity index (χ3n) is 6.50. The summed E-state index contributed by atoms with van der Waals surface area (Å²) in [6, 6.07) is 33.1. The van der Waals surface area contributed by atoms with Crippen LogP contribution in [0.3, 0.4) is 0 Å². The van der Waals surface area contributed by atoms with Crippen LogP contribution in [-0.4, -0.2) is 25.4 Å². The molecule has 7 heteroatoms. The van der Waals surface area contributed by atoms with Crippen LogP contribution in [0.1, 0.15) is 21.5 Å².